The number of rotatable bonds is 6. The Hall–Kier alpha value is -2.66. The van der Waals surface area contributed by atoms with Gasteiger partial charge in [-0.2, -0.15) is 0 Å². The van der Waals surface area contributed by atoms with Crippen molar-refractivity contribution < 1.29 is 9.18 Å². The van der Waals surface area contributed by atoms with Crippen LogP contribution in [-0.4, -0.2) is 41.4 Å². The standard InChI is InChI=1S/C24H28FN3O/c1-3-4-24(28-12-11-20-17-19(18(2)29)5-10-23(20)28)27-15-13-26(14-16-27)22-8-6-21(25)7-9-22/h5-12,17,24H,3-4,13-16H2,1-2H3. The van der Waals surface area contributed by atoms with Crippen LogP contribution >= 0.6 is 0 Å². The smallest absolute Gasteiger partial charge is 0.159 e. The Morgan fingerprint density at radius 2 is 1.76 bits per heavy atom. The van der Waals surface area contributed by atoms with Crippen molar-refractivity contribution in [3.8, 4) is 0 Å². The number of carbonyl (C=O) groups excluding carboxylic acids is 1. The van der Waals surface area contributed by atoms with Crippen LogP contribution in [0.3, 0.4) is 0 Å². The molecule has 1 fully saturated rings. The van der Waals surface area contributed by atoms with E-state index >= 15 is 0 Å². The Morgan fingerprint density at radius 3 is 2.41 bits per heavy atom. The molecule has 2 heterocycles. The van der Waals surface area contributed by atoms with Crippen LogP contribution in [0.1, 0.15) is 43.2 Å². The maximum absolute atomic E-state index is 13.2. The zero-order chi connectivity index (χ0) is 20.4. The number of hydrogen-bond acceptors (Lipinski definition) is 3. The Labute approximate surface area is 171 Å². The van der Waals surface area contributed by atoms with E-state index in [0.717, 1.165) is 55.7 Å². The summed E-state index contributed by atoms with van der Waals surface area (Å²) in [4.78, 5) is 16.6. The first-order valence-electron chi connectivity index (χ1n) is 10.4. The largest absolute Gasteiger partial charge is 0.369 e. The topological polar surface area (TPSA) is 28.5 Å². The monoisotopic (exact) mass is 393 g/mol. The van der Waals surface area contributed by atoms with E-state index in [1.165, 1.54) is 17.6 Å². The fraction of sp³-hybridized carbons (Fsp3) is 0.375. The van der Waals surface area contributed by atoms with E-state index in [-0.39, 0.29) is 11.6 Å². The third-order valence-corrected chi connectivity index (χ3v) is 5.92. The molecule has 1 aliphatic rings. The molecule has 0 bridgehead atoms. The lowest BCUT2D eigenvalue weighted by Gasteiger charge is -2.41. The van der Waals surface area contributed by atoms with Crippen molar-refractivity contribution >= 4 is 22.4 Å². The normalized spacial score (nSPS) is 16.3. The molecule has 3 aromatic rings. The zero-order valence-corrected chi connectivity index (χ0v) is 17.1. The number of Topliss-reactive ketones (excluding diaryl/α,β-unsaturated/α-hetero) is 1. The average Bonchev–Trinajstić information content (AvgIpc) is 3.16. The van der Waals surface area contributed by atoms with Crippen LogP contribution in [0.15, 0.2) is 54.7 Å². The van der Waals surface area contributed by atoms with Gasteiger partial charge in [-0.1, -0.05) is 13.3 Å². The van der Waals surface area contributed by atoms with Crippen LogP contribution in [0.5, 0.6) is 0 Å². The maximum atomic E-state index is 13.2. The molecule has 1 aromatic heterocycles. The van der Waals surface area contributed by atoms with Crippen molar-refractivity contribution in [2.75, 3.05) is 31.1 Å². The van der Waals surface area contributed by atoms with Crippen LogP contribution in [-0.2, 0) is 0 Å². The molecule has 1 unspecified atom stereocenters. The molecule has 1 atom stereocenters. The van der Waals surface area contributed by atoms with E-state index in [1.54, 1.807) is 6.92 Å². The van der Waals surface area contributed by atoms with Gasteiger partial charge in [0.05, 0.1) is 6.17 Å². The number of ketones is 1. The van der Waals surface area contributed by atoms with E-state index in [0.29, 0.717) is 6.17 Å². The van der Waals surface area contributed by atoms with Gasteiger partial charge in [0.1, 0.15) is 5.82 Å². The Bertz CT molecular complexity index is 987. The minimum Gasteiger partial charge on any atom is -0.369 e. The zero-order valence-electron chi connectivity index (χ0n) is 17.1. The molecule has 0 radical (unpaired) electrons. The van der Waals surface area contributed by atoms with Gasteiger partial charge in [0, 0.05) is 54.5 Å². The fourth-order valence-electron chi connectivity index (χ4n) is 4.33. The highest BCUT2D eigenvalue weighted by molar-refractivity contribution is 5.98. The van der Waals surface area contributed by atoms with Gasteiger partial charge in [0.25, 0.3) is 0 Å². The first-order valence-corrected chi connectivity index (χ1v) is 10.4. The van der Waals surface area contributed by atoms with Crippen molar-refractivity contribution in [3.63, 3.8) is 0 Å². The summed E-state index contributed by atoms with van der Waals surface area (Å²) in [6.45, 7) is 7.62. The van der Waals surface area contributed by atoms with E-state index in [1.807, 2.05) is 24.3 Å². The number of carbonyl (C=O) groups is 1. The third-order valence-electron chi connectivity index (χ3n) is 5.92. The molecule has 4 nitrogen and oxygen atoms in total. The molecule has 4 rings (SSSR count). The lowest BCUT2D eigenvalue weighted by atomic mass is 10.1. The number of halogens is 1. The Balaban J connectivity index is 1.53. The molecule has 0 N–H and O–H groups in total. The molecule has 2 aromatic carbocycles. The van der Waals surface area contributed by atoms with E-state index in [4.69, 9.17) is 0 Å². The maximum Gasteiger partial charge on any atom is 0.159 e. The van der Waals surface area contributed by atoms with Gasteiger partial charge >= 0.3 is 0 Å². The molecule has 0 saturated carbocycles. The van der Waals surface area contributed by atoms with Gasteiger partial charge in [0.15, 0.2) is 5.78 Å². The first-order chi connectivity index (χ1) is 14.1. The molecular formula is C24H28FN3O. The van der Waals surface area contributed by atoms with Gasteiger partial charge in [0.2, 0.25) is 0 Å². The van der Waals surface area contributed by atoms with Crippen LogP contribution in [0.2, 0.25) is 0 Å². The summed E-state index contributed by atoms with van der Waals surface area (Å²) in [6, 6.07) is 14.9. The summed E-state index contributed by atoms with van der Waals surface area (Å²) in [7, 11) is 0. The second-order valence-electron chi connectivity index (χ2n) is 7.82. The summed E-state index contributed by atoms with van der Waals surface area (Å²) < 4.78 is 15.6. The molecule has 1 aliphatic heterocycles. The number of benzene rings is 2. The lowest BCUT2D eigenvalue weighted by Crippen LogP contribution is -2.48. The van der Waals surface area contributed by atoms with Crippen molar-refractivity contribution in [2.45, 2.75) is 32.9 Å². The minimum atomic E-state index is -0.192. The van der Waals surface area contributed by atoms with Gasteiger partial charge in [-0.05, 0) is 61.9 Å². The van der Waals surface area contributed by atoms with Crippen LogP contribution < -0.4 is 4.90 Å². The number of anilines is 1. The number of aromatic nitrogens is 1. The van der Waals surface area contributed by atoms with Gasteiger partial charge < -0.3 is 9.47 Å². The minimum absolute atomic E-state index is 0.0988. The van der Waals surface area contributed by atoms with E-state index < -0.39 is 0 Å². The first kappa shape index (κ1) is 19.6. The number of piperazine rings is 1. The fourth-order valence-corrected chi connectivity index (χ4v) is 4.33. The molecule has 5 heteroatoms. The highest BCUT2D eigenvalue weighted by atomic mass is 19.1. The summed E-state index contributed by atoms with van der Waals surface area (Å²) >= 11 is 0. The van der Waals surface area contributed by atoms with Crippen molar-refractivity contribution in [1.29, 1.82) is 0 Å². The second kappa shape index (κ2) is 8.37. The van der Waals surface area contributed by atoms with Crippen LogP contribution in [0, 0.1) is 5.82 Å². The summed E-state index contributed by atoms with van der Waals surface area (Å²) in [5.74, 6) is -0.0931. The van der Waals surface area contributed by atoms with Crippen LogP contribution in [0.25, 0.3) is 10.9 Å². The summed E-state index contributed by atoms with van der Waals surface area (Å²) in [5.41, 5.74) is 3.02. The van der Waals surface area contributed by atoms with Gasteiger partial charge in [-0.3, -0.25) is 9.69 Å². The highest BCUT2D eigenvalue weighted by Crippen LogP contribution is 2.28. The molecule has 0 aliphatic carbocycles. The third kappa shape index (κ3) is 4.06. The number of hydrogen-bond donors (Lipinski definition) is 0. The van der Waals surface area contributed by atoms with E-state index in [9.17, 15) is 9.18 Å². The summed E-state index contributed by atoms with van der Waals surface area (Å²) in [5, 5.41) is 1.11. The van der Waals surface area contributed by atoms with Gasteiger partial charge in [-0.25, -0.2) is 4.39 Å². The van der Waals surface area contributed by atoms with Crippen molar-refractivity contribution in [2.24, 2.45) is 0 Å². The molecule has 152 valence electrons. The molecule has 0 amide bonds. The van der Waals surface area contributed by atoms with Crippen molar-refractivity contribution in [1.82, 2.24) is 9.47 Å². The quantitative estimate of drug-likeness (QED) is 0.545. The Morgan fingerprint density at radius 1 is 1.03 bits per heavy atom. The predicted molar refractivity (Wildman–Crippen MR) is 116 cm³/mol. The number of nitrogens with zero attached hydrogens (tertiary/aromatic N) is 3. The average molecular weight is 394 g/mol. The molecule has 0 spiro atoms. The number of fused-ring (bicyclic) bond motifs is 1. The predicted octanol–water partition coefficient (Wildman–Crippen LogP) is 5.10. The summed E-state index contributed by atoms with van der Waals surface area (Å²) in [6.07, 6.45) is 4.64. The van der Waals surface area contributed by atoms with Gasteiger partial charge in [-0.15, -0.1) is 0 Å². The van der Waals surface area contributed by atoms with Crippen LogP contribution in [0.4, 0.5) is 10.1 Å². The van der Waals surface area contributed by atoms with E-state index in [2.05, 4.69) is 39.6 Å². The molecular weight excluding hydrogens is 365 g/mol. The second-order valence-corrected chi connectivity index (χ2v) is 7.82. The lowest BCUT2D eigenvalue weighted by molar-refractivity contribution is 0.101. The van der Waals surface area contributed by atoms with Crippen molar-refractivity contribution in [3.05, 3.63) is 66.1 Å². The highest BCUT2D eigenvalue weighted by Gasteiger charge is 2.25. The molecule has 29 heavy (non-hydrogen) atoms. The Kier molecular flexibility index (Phi) is 5.67. The SMILES string of the molecule is CCCC(N1CCN(c2ccc(F)cc2)CC1)n1ccc2cc(C(C)=O)ccc21. The molecule has 1 saturated heterocycles.